The van der Waals surface area contributed by atoms with Crippen LogP contribution in [0.1, 0.15) is 20.7 Å². The van der Waals surface area contributed by atoms with Gasteiger partial charge in [0.15, 0.2) is 0 Å². The van der Waals surface area contributed by atoms with Gasteiger partial charge in [-0.2, -0.15) is 0 Å². The van der Waals surface area contributed by atoms with Gasteiger partial charge in [-0.25, -0.2) is 0 Å². The van der Waals surface area contributed by atoms with Crippen LogP contribution in [0.5, 0.6) is 0 Å². The summed E-state index contributed by atoms with van der Waals surface area (Å²) >= 11 is 0. The van der Waals surface area contributed by atoms with Crippen molar-refractivity contribution in [3.63, 3.8) is 0 Å². The smallest absolute Gasteiger partial charge is 0.233 e. The molecule has 0 heterocycles. The van der Waals surface area contributed by atoms with E-state index in [2.05, 4.69) is 0 Å². The summed E-state index contributed by atoms with van der Waals surface area (Å²) in [6.45, 7) is 0. The average molecular weight is 227 g/mol. The van der Waals surface area contributed by atoms with Crippen LogP contribution >= 0.6 is 0 Å². The van der Waals surface area contributed by atoms with Crippen LogP contribution < -0.4 is 6.15 Å². The van der Waals surface area contributed by atoms with Crippen LogP contribution in [0.2, 0.25) is 0 Å². The first-order chi connectivity index (χ1) is 7.79. The fourth-order valence-corrected chi connectivity index (χ4v) is 1.44. The molecule has 3 heteroatoms. The highest BCUT2D eigenvalue weighted by molar-refractivity contribution is 6.49. The Kier molecular flexibility index (Phi) is 4.31. The maximum absolute atomic E-state index is 11.8. The lowest BCUT2D eigenvalue weighted by Gasteiger charge is -1.99. The highest BCUT2D eigenvalue weighted by Crippen LogP contribution is 2.07. The maximum atomic E-state index is 11.8. The van der Waals surface area contributed by atoms with Crippen LogP contribution in [0.3, 0.4) is 0 Å². The minimum atomic E-state index is -0.466. The van der Waals surface area contributed by atoms with Gasteiger partial charge in [-0.05, 0) is 0 Å². The van der Waals surface area contributed by atoms with Gasteiger partial charge in [-0.1, -0.05) is 60.7 Å². The van der Waals surface area contributed by atoms with E-state index in [1.54, 1.807) is 48.5 Å². The molecule has 0 spiro atoms. The number of Topliss-reactive ketones (excluding diaryl/α,β-unsaturated/α-hetero) is 2. The van der Waals surface area contributed by atoms with Crippen LogP contribution in [-0.2, 0) is 0 Å². The minimum Gasteiger partial charge on any atom is -0.344 e. The molecule has 3 nitrogen and oxygen atoms in total. The Hall–Kier alpha value is -2.26. The van der Waals surface area contributed by atoms with Gasteiger partial charge < -0.3 is 6.15 Å². The van der Waals surface area contributed by atoms with Gasteiger partial charge in [0, 0.05) is 11.1 Å². The molecule has 86 valence electrons. The molecule has 0 amide bonds. The van der Waals surface area contributed by atoms with Crippen molar-refractivity contribution in [2.75, 3.05) is 0 Å². The van der Waals surface area contributed by atoms with E-state index in [1.165, 1.54) is 0 Å². The fraction of sp³-hybridized carbons (Fsp3) is 0. The van der Waals surface area contributed by atoms with E-state index in [0.717, 1.165) is 0 Å². The third-order valence-electron chi connectivity index (χ3n) is 2.28. The van der Waals surface area contributed by atoms with Crippen LogP contribution in [0.25, 0.3) is 0 Å². The Bertz CT molecular complexity index is 457. The summed E-state index contributed by atoms with van der Waals surface area (Å²) in [5.41, 5.74) is 0.854. The first-order valence-electron chi connectivity index (χ1n) is 4.98. The van der Waals surface area contributed by atoms with Crippen molar-refractivity contribution >= 4 is 11.6 Å². The lowest BCUT2D eigenvalue weighted by Crippen LogP contribution is -2.14. The fourth-order valence-electron chi connectivity index (χ4n) is 1.44. The quantitative estimate of drug-likeness (QED) is 0.647. The third kappa shape index (κ3) is 2.86. The second kappa shape index (κ2) is 5.72. The minimum absolute atomic E-state index is 0. The molecular formula is C14H13NO2. The van der Waals surface area contributed by atoms with Gasteiger partial charge >= 0.3 is 0 Å². The molecule has 0 aliphatic heterocycles. The predicted octanol–water partition coefficient (Wildman–Crippen LogP) is 2.91. The standard InChI is InChI=1S/C14H10O2.H3N/c15-13(11-7-3-1-4-8-11)14(16)12-9-5-2-6-10-12;/h1-10H;1H3. The molecule has 0 unspecified atom stereocenters. The Morgan fingerprint density at radius 2 is 0.882 bits per heavy atom. The van der Waals surface area contributed by atoms with Crippen LogP contribution in [0, 0.1) is 0 Å². The molecule has 0 saturated carbocycles. The normalized spacial score (nSPS) is 9.18. The van der Waals surface area contributed by atoms with Gasteiger partial charge in [0.25, 0.3) is 0 Å². The molecule has 2 aromatic rings. The highest BCUT2D eigenvalue weighted by atomic mass is 16.2. The van der Waals surface area contributed by atoms with E-state index < -0.39 is 11.6 Å². The number of benzene rings is 2. The number of ketones is 2. The number of hydrogen-bond acceptors (Lipinski definition) is 3. The van der Waals surface area contributed by atoms with Gasteiger partial charge in [-0.15, -0.1) is 0 Å². The van der Waals surface area contributed by atoms with E-state index in [4.69, 9.17) is 0 Å². The Morgan fingerprint density at radius 3 is 1.18 bits per heavy atom. The molecule has 0 saturated heterocycles. The molecule has 0 aromatic heterocycles. The van der Waals surface area contributed by atoms with E-state index >= 15 is 0 Å². The molecule has 0 fully saturated rings. The molecule has 0 aliphatic carbocycles. The highest BCUT2D eigenvalue weighted by Gasteiger charge is 2.16. The number of carbonyl (C=O) groups excluding carboxylic acids is 2. The average Bonchev–Trinajstić information content (AvgIpc) is 2.39. The molecule has 0 aliphatic rings. The first-order valence-corrected chi connectivity index (χ1v) is 4.98. The number of rotatable bonds is 3. The molecule has 0 radical (unpaired) electrons. The van der Waals surface area contributed by atoms with Gasteiger partial charge in [-0.3, -0.25) is 9.59 Å². The zero-order chi connectivity index (χ0) is 11.4. The Balaban J connectivity index is 0.00000144. The molecule has 2 rings (SSSR count). The second-order valence-corrected chi connectivity index (χ2v) is 3.39. The van der Waals surface area contributed by atoms with Crippen molar-refractivity contribution in [2.24, 2.45) is 0 Å². The summed E-state index contributed by atoms with van der Waals surface area (Å²) in [4.78, 5) is 23.6. The predicted molar refractivity (Wildman–Crippen MR) is 66.6 cm³/mol. The molecular weight excluding hydrogens is 214 g/mol. The summed E-state index contributed by atoms with van der Waals surface area (Å²) in [7, 11) is 0. The van der Waals surface area contributed by atoms with Crippen LogP contribution in [-0.4, -0.2) is 11.6 Å². The summed E-state index contributed by atoms with van der Waals surface area (Å²) in [5.74, 6) is -0.932. The molecule has 3 N–H and O–H groups in total. The summed E-state index contributed by atoms with van der Waals surface area (Å²) in [6.07, 6.45) is 0. The van der Waals surface area contributed by atoms with Crippen molar-refractivity contribution in [2.45, 2.75) is 0 Å². The van der Waals surface area contributed by atoms with Gasteiger partial charge in [0.05, 0.1) is 0 Å². The molecule has 17 heavy (non-hydrogen) atoms. The Morgan fingerprint density at radius 1 is 0.588 bits per heavy atom. The van der Waals surface area contributed by atoms with Crippen molar-refractivity contribution in [3.8, 4) is 0 Å². The van der Waals surface area contributed by atoms with E-state index in [0.29, 0.717) is 11.1 Å². The molecule has 0 bridgehead atoms. The largest absolute Gasteiger partial charge is 0.344 e. The summed E-state index contributed by atoms with van der Waals surface area (Å²) in [5, 5.41) is 0. The van der Waals surface area contributed by atoms with Crippen molar-refractivity contribution in [1.29, 1.82) is 0 Å². The van der Waals surface area contributed by atoms with Crippen molar-refractivity contribution < 1.29 is 9.59 Å². The van der Waals surface area contributed by atoms with Crippen molar-refractivity contribution in [1.82, 2.24) is 6.15 Å². The topological polar surface area (TPSA) is 69.1 Å². The zero-order valence-corrected chi connectivity index (χ0v) is 9.30. The monoisotopic (exact) mass is 227 g/mol. The Labute approximate surface area is 99.7 Å². The molecule has 2 aromatic carbocycles. The zero-order valence-electron chi connectivity index (χ0n) is 9.30. The number of hydrogen-bond donors (Lipinski definition) is 1. The lowest BCUT2D eigenvalue weighted by molar-refractivity contribution is 0.0817. The third-order valence-corrected chi connectivity index (χ3v) is 2.28. The van der Waals surface area contributed by atoms with E-state index in [-0.39, 0.29) is 6.15 Å². The number of carbonyl (C=O) groups is 2. The van der Waals surface area contributed by atoms with E-state index in [9.17, 15) is 9.59 Å². The maximum Gasteiger partial charge on any atom is 0.233 e. The second-order valence-electron chi connectivity index (χ2n) is 3.39. The lowest BCUT2D eigenvalue weighted by atomic mass is 10.0. The SMILES string of the molecule is N.O=C(C(=O)c1ccccc1)c1ccccc1. The van der Waals surface area contributed by atoms with Gasteiger partial charge in [0.2, 0.25) is 11.6 Å². The van der Waals surface area contributed by atoms with E-state index in [1.807, 2.05) is 12.1 Å². The molecule has 0 atom stereocenters. The van der Waals surface area contributed by atoms with Crippen LogP contribution in [0.4, 0.5) is 0 Å². The summed E-state index contributed by atoms with van der Waals surface area (Å²) < 4.78 is 0. The van der Waals surface area contributed by atoms with Crippen molar-refractivity contribution in [3.05, 3.63) is 71.8 Å². The van der Waals surface area contributed by atoms with Crippen LogP contribution in [0.15, 0.2) is 60.7 Å². The van der Waals surface area contributed by atoms with Gasteiger partial charge in [0.1, 0.15) is 0 Å². The summed E-state index contributed by atoms with van der Waals surface area (Å²) in [6, 6.07) is 17.2. The first kappa shape index (κ1) is 12.8.